The molecule has 0 aromatic carbocycles. The number of rotatable bonds is 7. The minimum Gasteiger partial charge on any atom is -0.258 e. The van der Waals surface area contributed by atoms with Gasteiger partial charge in [0.2, 0.25) is 0 Å². The maximum absolute atomic E-state index is 4.58. The molecule has 0 aromatic heterocycles. The van der Waals surface area contributed by atoms with Gasteiger partial charge in [-0.15, -0.1) is 0 Å². The van der Waals surface area contributed by atoms with Crippen molar-refractivity contribution >= 4 is 5.71 Å². The van der Waals surface area contributed by atoms with Crippen LogP contribution in [-0.4, -0.2) is 5.71 Å². The molecular formula is C15H25N. The predicted octanol–water partition coefficient (Wildman–Crippen LogP) is 5.06. The summed E-state index contributed by atoms with van der Waals surface area (Å²) in [5.41, 5.74) is 3.37. The highest BCUT2D eigenvalue weighted by atomic mass is 14.8. The van der Waals surface area contributed by atoms with Crippen LogP contribution in [0.25, 0.3) is 0 Å². The molecule has 0 aliphatic heterocycles. The van der Waals surface area contributed by atoms with E-state index < -0.39 is 0 Å². The lowest BCUT2D eigenvalue weighted by Gasteiger charge is -2.05. The van der Waals surface area contributed by atoms with Crippen molar-refractivity contribution in [2.75, 3.05) is 0 Å². The van der Waals surface area contributed by atoms with Gasteiger partial charge < -0.3 is 0 Å². The molecule has 0 aromatic rings. The summed E-state index contributed by atoms with van der Waals surface area (Å²) in [6.45, 7) is 12.6. The topological polar surface area (TPSA) is 12.4 Å². The standard InChI is InChI=1S/C15H25N/c1-6-10-11-12-14(7-2)13(5)16-15(8-3)9-4/h10-12H,5-9H2,1-4H3. The van der Waals surface area contributed by atoms with Crippen molar-refractivity contribution in [2.45, 2.75) is 53.4 Å². The van der Waals surface area contributed by atoms with Crippen LogP contribution >= 0.6 is 0 Å². The van der Waals surface area contributed by atoms with Crippen LogP contribution in [0.4, 0.5) is 0 Å². The molecule has 90 valence electrons. The molecule has 0 fully saturated rings. The van der Waals surface area contributed by atoms with Gasteiger partial charge in [0.25, 0.3) is 0 Å². The zero-order valence-corrected chi connectivity index (χ0v) is 11.2. The van der Waals surface area contributed by atoms with E-state index in [2.05, 4.69) is 57.5 Å². The van der Waals surface area contributed by atoms with Gasteiger partial charge in [-0.1, -0.05) is 52.5 Å². The van der Waals surface area contributed by atoms with E-state index in [0.717, 1.165) is 31.4 Å². The number of aliphatic imine (C=N–C) groups is 1. The average Bonchev–Trinajstić information content (AvgIpc) is 2.31. The van der Waals surface area contributed by atoms with Crippen LogP contribution < -0.4 is 0 Å². The third kappa shape index (κ3) is 5.69. The second kappa shape index (κ2) is 9.14. The molecule has 0 N–H and O–H groups in total. The highest BCUT2D eigenvalue weighted by Crippen LogP contribution is 2.15. The number of hydrogen-bond acceptors (Lipinski definition) is 1. The Bertz CT molecular complexity index is 287. The van der Waals surface area contributed by atoms with Gasteiger partial charge in [-0.3, -0.25) is 4.99 Å². The third-order valence-corrected chi connectivity index (χ3v) is 2.53. The minimum atomic E-state index is 0.918. The molecule has 0 aliphatic rings. The van der Waals surface area contributed by atoms with Gasteiger partial charge in [-0.2, -0.15) is 0 Å². The summed E-state index contributed by atoms with van der Waals surface area (Å²) in [4.78, 5) is 4.58. The SMILES string of the molecule is C=C(N=C(CC)CC)C(=CC=CCC)CC. The van der Waals surface area contributed by atoms with Gasteiger partial charge in [0, 0.05) is 5.71 Å². The Morgan fingerprint density at radius 3 is 2.12 bits per heavy atom. The molecule has 0 radical (unpaired) electrons. The molecule has 0 saturated carbocycles. The highest BCUT2D eigenvalue weighted by Gasteiger charge is 1.99. The fourth-order valence-corrected chi connectivity index (χ4v) is 1.41. The quantitative estimate of drug-likeness (QED) is 0.419. The van der Waals surface area contributed by atoms with E-state index >= 15 is 0 Å². The molecule has 1 heteroatoms. The van der Waals surface area contributed by atoms with Crippen molar-refractivity contribution in [1.82, 2.24) is 0 Å². The van der Waals surface area contributed by atoms with Crippen LogP contribution in [0.1, 0.15) is 53.4 Å². The van der Waals surface area contributed by atoms with Crippen molar-refractivity contribution < 1.29 is 0 Å². The Balaban J connectivity index is 4.72. The van der Waals surface area contributed by atoms with Crippen molar-refractivity contribution in [3.63, 3.8) is 0 Å². The molecule has 1 nitrogen and oxygen atoms in total. The lowest BCUT2D eigenvalue weighted by molar-refractivity contribution is 1.07. The smallest absolute Gasteiger partial charge is 0.0589 e. The number of nitrogens with zero attached hydrogens (tertiary/aromatic N) is 1. The molecule has 0 rings (SSSR count). The summed E-state index contributed by atoms with van der Waals surface area (Å²) in [5, 5.41) is 0. The first-order valence-electron chi connectivity index (χ1n) is 6.30. The average molecular weight is 219 g/mol. The molecular weight excluding hydrogens is 194 g/mol. The zero-order chi connectivity index (χ0) is 12.4. The minimum absolute atomic E-state index is 0.918. The molecule has 0 heterocycles. The molecule has 0 atom stereocenters. The lowest BCUT2D eigenvalue weighted by atomic mass is 10.1. The molecule has 0 saturated heterocycles. The Labute approximate surface area is 101 Å². The summed E-state index contributed by atoms with van der Waals surface area (Å²) in [5.74, 6) is 0. The second-order valence-electron chi connectivity index (χ2n) is 3.71. The Morgan fingerprint density at radius 2 is 1.69 bits per heavy atom. The fourth-order valence-electron chi connectivity index (χ4n) is 1.41. The van der Waals surface area contributed by atoms with Crippen LogP contribution in [-0.2, 0) is 0 Å². The molecule has 0 bridgehead atoms. The third-order valence-electron chi connectivity index (χ3n) is 2.53. The van der Waals surface area contributed by atoms with E-state index in [1.165, 1.54) is 11.3 Å². The number of allylic oxidation sites excluding steroid dienone is 4. The Morgan fingerprint density at radius 1 is 1.06 bits per heavy atom. The monoisotopic (exact) mass is 219 g/mol. The fraction of sp³-hybridized carbons (Fsp3) is 0.533. The molecule has 0 spiro atoms. The van der Waals surface area contributed by atoms with E-state index in [9.17, 15) is 0 Å². The van der Waals surface area contributed by atoms with Gasteiger partial charge in [0.05, 0.1) is 5.70 Å². The van der Waals surface area contributed by atoms with E-state index in [1.54, 1.807) is 0 Å². The summed E-state index contributed by atoms with van der Waals surface area (Å²) >= 11 is 0. The summed E-state index contributed by atoms with van der Waals surface area (Å²) < 4.78 is 0. The first-order chi connectivity index (χ1) is 7.69. The van der Waals surface area contributed by atoms with Crippen molar-refractivity contribution in [2.24, 2.45) is 4.99 Å². The van der Waals surface area contributed by atoms with E-state index in [4.69, 9.17) is 0 Å². The first kappa shape index (κ1) is 14.9. The van der Waals surface area contributed by atoms with Crippen molar-refractivity contribution in [3.05, 3.63) is 36.1 Å². The Kier molecular flexibility index (Phi) is 8.51. The van der Waals surface area contributed by atoms with Crippen LogP contribution in [0.2, 0.25) is 0 Å². The maximum Gasteiger partial charge on any atom is 0.0589 e. The Hall–Kier alpha value is -1.11. The summed E-state index contributed by atoms with van der Waals surface area (Å²) in [6.07, 6.45) is 10.4. The predicted molar refractivity (Wildman–Crippen MR) is 75.0 cm³/mol. The van der Waals surface area contributed by atoms with Crippen LogP contribution in [0, 0.1) is 0 Å². The van der Waals surface area contributed by atoms with Gasteiger partial charge in [0.15, 0.2) is 0 Å². The zero-order valence-electron chi connectivity index (χ0n) is 11.2. The highest BCUT2D eigenvalue weighted by molar-refractivity contribution is 5.85. The largest absolute Gasteiger partial charge is 0.258 e. The van der Waals surface area contributed by atoms with Crippen LogP contribution in [0.3, 0.4) is 0 Å². The first-order valence-corrected chi connectivity index (χ1v) is 6.30. The van der Waals surface area contributed by atoms with Gasteiger partial charge in [0.1, 0.15) is 0 Å². The molecule has 0 amide bonds. The summed E-state index contributed by atoms with van der Waals surface area (Å²) in [6, 6.07) is 0. The molecule has 0 aliphatic carbocycles. The van der Waals surface area contributed by atoms with E-state index in [0.29, 0.717) is 0 Å². The summed E-state index contributed by atoms with van der Waals surface area (Å²) in [7, 11) is 0. The van der Waals surface area contributed by atoms with Crippen molar-refractivity contribution in [3.8, 4) is 0 Å². The van der Waals surface area contributed by atoms with Crippen LogP contribution in [0.5, 0.6) is 0 Å². The maximum atomic E-state index is 4.58. The van der Waals surface area contributed by atoms with Gasteiger partial charge >= 0.3 is 0 Å². The molecule has 16 heavy (non-hydrogen) atoms. The van der Waals surface area contributed by atoms with Gasteiger partial charge in [-0.25, -0.2) is 0 Å². The van der Waals surface area contributed by atoms with Crippen molar-refractivity contribution in [1.29, 1.82) is 0 Å². The molecule has 0 unspecified atom stereocenters. The second-order valence-corrected chi connectivity index (χ2v) is 3.71. The van der Waals surface area contributed by atoms with E-state index in [-0.39, 0.29) is 0 Å². The van der Waals surface area contributed by atoms with Gasteiger partial charge in [-0.05, 0) is 31.3 Å². The van der Waals surface area contributed by atoms with E-state index in [1.807, 2.05) is 0 Å². The lowest BCUT2D eigenvalue weighted by Crippen LogP contribution is -1.95. The normalized spacial score (nSPS) is 11.9. The number of hydrogen-bond donors (Lipinski definition) is 0. The van der Waals surface area contributed by atoms with Crippen LogP contribution in [0.15, 0.2) is 41.1 Å².